The first-order valence-corrected chi connectivity index (χ1v) is 7.06. The monoisotopic (exact) mass is 328 g/mol. The topological polar surface area (TPSA) is 52.6 Å². The van der Waals surface area contributed by atoms with Crippen LogP contribution in [0.5, 0.6) is 0 Å². The number of aliphatic hydroxyl groups is 1. The second kappa shape index (κ2) is 6.91. The Morgan fingerprint density at radius 2 is 2.11 bits per heavy atom. The summed E-state index contributed by atoms with van der Waals surface area (Å²) in [6.45, 7) is 4.27. The van der Waals surface area contributed by atoms with Crippen LogP contribution in [-0.4, -0.2) is 31.7 Å². The molecule has 0 spiro atoms. The average Bonchev–Trinajstić information content (AvgIpc) is 2.36. The van der Waals surface area contributed by atoms with Gasteiger partial charge in [0, 0.05) is 30.8 Å². The summed E-state index contributed by atoms with van der Waals surface area (Å²) in [4.78, 5) is 13.5. The summed E-state index contributed by atoms with van der Waals surface area (Å²) in [5.41, 5.74) is 1.86. The molecule has 1 aromatic carbocycles. The van der Waals surface area contributed by atoms with Crippen molar-refractivity contribution in [2.45, 2.75) is 20.0 Å². The quantitative estimate of drug-likeness (QED) is 0.872. The second-order valence-corrected chi connectivity index (χ2v) is 5.63. The van der Waals surface area contributed by atoms with Gasteiger partial charge in [0.1, 0.15) is 0 Å². The van der Waals surface area contributed by atoms with Crippen LogP contribution < -0.4 is 10.2 Å². The van der Waals surface area contributed by atoms with Crippen LogP contribution in [-0.2, 0) is 4.79 Å². The molecular formula is C14H21BrN2O2. The number of hydrogen-bond acceptors (Lipinski definition) is 3. The van der Waals surface area contributed by atoms with Gasteiger partial charge in [-0.05, 0) is 24.6 Å². The highest BCUT2D eigenvalue weighted by Gasteiger charge is 2.15. The number of amides is 1. The lowest BCUT2D eigenvalue weighted by atomic mass is 10.1. The van der Waals surface area contributed by atoms with E-state index in [-0.39, 0.29) is 11.8 Å². The molecule has 2 N–H and O–H groups in total. The molecule has 4 nitrogen and oxygen atoms in total. The molecule has 0 radical (unpaired) electrons. The molecule has 19 heavy (non-hydrogen) atoms. The maximum Gasteiger partial charge on any atom is 0.224 e. The molecule has 1 amide bonds. The van der Waals surface area contributed by atoms with Crippen molar-refractivity contribution in [3.63, 3.8) is 0 Å². The highest BCUT2D eigenvalue weighted by atomic mass is 79.9. The molecule has 5 heteroatoms. The normalized spacial score (nSPS) is 13.8. The summed E-state index contributed by atoms with van der Waals surface area (Å²) in [5, 5.41) is 12.2. The lowest BCUT2D eigenvalue weighted by Crippen LogP contribution is -2.34. The van der Waals surface area contributed by atoms with E-state index in [0.29, 0.717) is 6.54 Å². The van der Waals surface area contributed by atoms with E-state index in [1.807, 2.05) is 37.1 Å². The molecule has 0 heterocycles. The molecule has 0 saturated carbocycles. The average molecular weight is 329 g/mol. The van der Waals surface area contributed by atoms with Gasteiger partial charge < -0.3 is 15.3 Å². The summed E-state index contributed by atoms with van der Waals surface area (Å²) >= 11 is 3.46. The molecule has 0 saturated heterocycles. The van der Waals surface area contributed by atoms with Crippen molar-refractivity contribution in [2.75, 3.05) is 25.5 Å². The molecule has 1 aromatic rings. The minimum absolute atomic E-state index is 0.0338. The largest absolute Gasteiger partial charge is 0.389 e. The van der Waals surface area contributed by atoms with E-state index in [9.17, 15) is 9.90 Å². The second-order valence-electron chi connectivity index (χ2n) is 4.78. The Morgan fingerprint density at radius 1 is 1.47 bits per heavy atom. The van der Waals surface area contributed by atoms with Gasteiger partial charge in [-0.2, -0.15) is 0 Å². The summed E-state index contributed by atoms with van der Waals surface area (Å²) < 4.78 is 0.874. The van der Waals surface area contributed by atoms with Crippen LogP contribution in [0.3, 0.4) is 0 Å². The van der Waals surface area contributed by atoms with Crippen molar-refractivity contribution in [2.24, 2.45) is 5.92 Å². The number of carbonyl (C=O) groups excluding carboxylic acids is 1. The van der Waals surface area contributed by atoms with E-state index in [2.05, 4.69) is 21.2 Å². The van der Waals surface area contributed by atoms with Crippen LogP contribution >= 0.6 is 15.9 Å². The Balaban J connectivity index is 2.80. The molecular weight excluding hydrogens is 308 g/mol. The lowest BCUT2D eigenvalue weighted by molar-refractivity contribution is -0.123. The predicted octanol–water partition coefficient (Wildman–Crippen LogP) is 2.32. The summed E-state index contributed by atoms with van der Waals surface area (Å²) in [6.07, 6.45) is -0.501. The van der Waals surface area contributed by atoms with Crippen LogP contribution in [0.25, 0.3) is 0 Å². The first kappa shape index (κ1) is 16.0. The zero-order valence-corrected chi connectivity index (χ0v) is 13.4. The molecule has 2 atom stereocenters. The highest BCUT2D eigenvalue weighted by molar-refractivity contribution is 9.10. The highest BCUT2D eigenvalue weighted by Crippen LogP contribution is 2.28. The van der Waals surface area contributed by atoms with Gasteiger partial charge in [-0.3, -0.25) is 4.79 Å². The Kier molecular flexibility index (Phi) is 5.82. The van der Waals surface area contributed by atoms with Gasteiger partial charge >= 0.3 is 0 Å². The summed E-state index contributed by atoms with van der Waals surface area (Å²) in [5.74, 6) is -0.0447. The van der Waals surface area contributed by atoms with Crippen molar-refractivity contribution in [3.05, 3.63) is 28.2 Å². The van der Waals surface area contributed by atoms with E-state index >= 15 is 0 Å². The van der Waals surface area contributed by atoms with Crippen LogP contribution in [0.15, 0.2) is 22.7 Å². The van der Waals surface area contributed by atoms with Crippen molar-refractivity contribution in [3.8, 4) is 0 Å². The number of aliphatic hydroxyl groups excluding tert-OH is 1. The molecule has 0 fully saturated rings. The van der Waals surface area contributed by atoms with Gasteiger partial charge in [-0.25, -0.2) is 0 Å². The Bertz CT molecular complexity index is 449. The summed E-state index contributed by atoms with van der Waals surface area (Å²) in [7, 11) is 3.59. The summed E-state index contributed by atoms with van der Waals surface area (Å²) in [6, 6.07) is 5.80. The molecule has 0 bridgehead atoms. The van der Waals surface area contributed by atoms with Crippen molar-refractivity contribution >= 4 is 27.5 Å². The van der Waals surface area contributed by atoms with E-state index in [1.165, 1.54) is 0 Å². The fourth-order valence-corrected chi connectivity index (χ4v) is 2.64. The van der Waals surface area contributed by atoms with Crippen molar-refractivity contribution in [1.29, 1.82) is 0 Å². The van der Waals surface area contributed by atoms with E-state index < -0.39 is 6.10 Å². The van der Waals surface area contributed by atoms with Crippen LogP contribution in [0.1, 0.15) is 25.5 Å². The molecule has 0 aliphatic carbocycles. The minimum atomic E-state index is -0.501. The maximum absolute atomic E-state index is 11.5. The standard InChI is InChI=1S/C14H21BrN2O2/c1-9(14(19)16-3)8-17(4)11-5-6-12(10(2)18)13(15)7-11/h5-7,9-10,18H,8H2,1-4H3,(H,16,19)/t9?,10-/m1/s1. The lowest BCUT2D eigenvalue weighted by Gasteiger charge is -2.23. The van der Waals surface area contributed by atoms with Crippen molar-refractivity contribution < 1.29 is 9.90 Å². The molecule has 1 unspecified atom stereocenters. The zero-order chi connectivity index (χ0) is 14.6. The molecule has 0 aliphatic heterocycles. The maximum atomic E-state index is 11.5. The van der Waals surface area contributed by atoms with E-state index in [1.54, 1.807) is 14.0 Å². The van der Waals surface area contributed by atoms with Gasteiger partial charge in [0.05, 0.1) is 12.0 Å². The fraction of sp³-hybridized carbons (Fsp3) is 0.500. The Labute approximate surface area is 122 Å². The fourth-order valence-electron chi connectivity index (χ4n) is 1.94. The third-order valence-corrected chi connectivity index (χ3v) is 3.80. The number of benzene rings is 1. The number of carbonyl (C=O) groups is 1. The minimum Gasteiger partial charge on any atom is -0.389 e. The molecule has 106 valence electrons. The smallest absolute Gasteiger partial charge is 0.224 e. The Morgan fingerprint density at radius 3 is 2.58 bits per heavy atom. The van der Waals surface area contributed by atoms with Gasteiger partial charge in [0.25, 0.3) is 0 Å². The zero-order valence-electron chi connectivity index (χ0n) is 11.8. The van der Waals surface area contributed by atoms with Crippen molar-refractivity contribution in [1.82, 2.24) is 5.32 Å². The van der Waals surface area contributed by atoms with E-state index in [4.69, 9.17) is 0 Å². The van der Waals surface area contributed by atoms with Crippen LogP contribution in [0.4, 0.5) is 5.69 Å². The van der Waals surface area contributed by atoms with Crippen LogP contribution in [0, 0.1) is 5.92 Å². The number of hydrogen-bond donors (Lipinski definition) is 2. The number of anilines is 1. The molecule has 0 aliphatic rings. The third-order valence-electron chi connectivity index (χ3n) is 3.12. The Hall–Kier alpha value is -1.07. The number of nitrogens with one attached hydrogen (secondary N) is 1. The molecule has 0 aromatic heterocycles. The molecule has 1 rings (SSSR count). The SMILES string of the molecule is CNC(=O)C(C)CN(C)c1ccc([C@@H](C)O)c(Br)c1. The first-order valence-electron chi connectivity index (χ1n) is 6.27. The van der Waals surface area contributed by atoms with Gasteiger partial charge in [-0.1, -0.05) is 28.9 Å². The van der Waals surface area contributed by atoms with Gasteiger partial charge in [0.2, 0.25) is 5.91 Å². The van der Waals surface area contributed by atoms with Gasteiger partial charge in [-0.15, -0.1) is 0 Å². The number of nitrogens with zero attached hydrogens (tertiary/aromatic N) is 1. The number of halogens is 1. The van der Waals surface area contributed by atoms with Gasteiger partial charge in [0.15, 0.2) is 0 Å². The number of rotatable bonds is 5. The van der Waals surface area contributed by atoms with Crippen LogP contribution in [0.2, 0.25) is 0 Å². The first-order chi connectivity index (χ1) is 8.86. The predicted molar refractivity (Wildman–Crippen MR) is 81.3 cm³/mol. The third kappa shape index (κ3) is 4.21. The van der Waals surface area contributed by atoms with E-state index in [0.717, 1.165) is 15.7 Å².